The van der Waals surface area contributed by atoms with Crippen LogP contribution in [0.5, 0.6) is 0 Å². The third-order valence-electron chi connectivity index (χ3n) is 13.5. The maximum Gasteiger partial charge on any atom is 0.306 e. The fourth-order valence-electron chi connectivity index (χ4n) is 8.74. The van der Waals surface area contributed by atoms with E-state index in [-0.39, 0.29) is 37.5 Å². The quantitative estimate of drug-likeness (QED) is 0.0261. The lowest BCUT2D eigenvalue weighted by Crippen LogP contribution is -2.30. The number of hydrogen-bond donors (Lipinski definition) is 0. The van der Waals surface area contributed by atoms with Gasteiger partial charge in [-0.15, -0.1) is 0 Å². The Morgan fingerprint density at radius 2 is 0.519 bits per heavy atom. The van der Waals surface area contributed by atoms with Crippen LogP contribution >= 0.6 is 0 Å². The summed E-state index contributed by atoms with van der Waals surface area (Å²) in [7, 11) is 0. The van der Waals surface area contributed by atoms with E-state index in [1.54, 1.807) is 0 Å². The molecule has 0 aromatic carbocycles. The van der Waals surface area contributed by atoms with Crippen LogP contribution in [-0.4, -0.2) is 37.2 Å². The normalized spacial score (nSPS) is 12.9. The lowest BCUT2D eigenvalue weighted by Gasteiger charge is -2.18. The first-order chi connectivity index (χ1) is 38.0. The van der Waals surface area contributed by atoms with E-state index in [1.807, 2.05) is 0 Å². The average molecular weight is 1070 g/mol. The summed E-state index contributed by atoms with van der Waals surface area (Å²) in [4.78, 5) is 38.0. The van der Waals surface area contributed by atoms with E-state index in [4.69, 9.17) is 14.2 Å². The molecule has 0 N–H and O–H groups in total. The lowest BCUT2D eigenvalue weighted by molar-refractivity contribution is -0.167. The van der Waals surface area contributed by atoms with Crippen LogP contribution in [0.4, 0.5) is 0 Å². The third kappa shape index (κ3) is 62.5. The van der Waals surface area contributed by atoms with Gasteiger partial charge in [0, 0.05) is 19.3 Å². The van der Waals surface area contributed by atoms with E-state index in [1.165, 1.54) is 135 Å². The number of hydrogen-bond acceptors (Lipinski definition) is 6. The Bertz CT molecular complexity index is 1600. The van der Waals surface area contributed by atoms with E-state index < -0.39 is 6.10 Å². The third-order valence-corrected chi connectivity index (χ3v) is 13.5. The summed E-state index contributed by atoms with van der Waals surface area (Å²) in [5.74, 6) is -0.960. The Labute approximate surface area is 475 Å². The first-order valence-corrected chi connectivity index (χ1v) is 32.0. The molecular formula is C71H118O6. The summed E-state index contributed by atoms with van der Waals surface area (Å²) >= 11 is 0. The molecule has 0 aliphatic heterocycles. The molecule has 0 aromatic rings. The number of esters is 3. The minimum Gasteiger partial charge on any atom is -0.462 e. The zero-order valence-corrected chi connectivity index (χ0v) is 50.2. The number of carbonyl (C=O) groups excluding carboxylic acids is 3. The van der Waals surface area contributed by atoms with Crippen LogP contribution in [0.1, 0.15) is 290 Å². The zero-order valence-electron chi connectivity index (χ0n) is 50.2. The number of allylic oxidation sites excluding steroid dienone is 20. The minimum absolute atomic E-state index is 0.0988. The zero-order chi connectivity index (χ0) is 55.7. The molecule has 0 amide bonds. The van der Waals surface area contributed by atoms with Gasteiger partial charge in [0.05, 0.1) is 0 Å². The van der Waals surface area contributed by atoms with Gasteiger partial charge in [-0.3, -0.25) is 14.4 Å². The standard InChI is InChI=1S/C71H118O6/c1-4-7-10-13-16-18-20-22-24-26-27-28-29-30-31-32-33-34-35-36-37-38-39-40-41-42-43-45-46-48-50-52-55-58-61-64-70(73)76-67-68(66-75-69(72)63-60-57-54-15-12-9-6-3)77-71(74)65-62-59-56-53-51-49-47-44-25-23-21-19-17-14-11-8-5-2/h7-8,10-11,16-19,22-25,27-28,30-31,47,49,53,56,68H,4-6,9,12-15,20-21,26,29,32-46,48,50-52,54-55,57-67H2,1-3H3/b10-7-,11-8-,18-16-,19-17-,24-22-,25-23-,28-27-,31-30-,49-47-,56-53-. The van der Waals surface area contributed by atoms with E-state index in [0.717, 1.165) is 109 Å². The van der Waals surface area contributed by atoms with Gasteiger partial charge in [-0.2, -0.15) is 0 Å². The number of ether oxygens (including phenoxy) is 3. The van der Waals surface area contributed by atoms with Gasteiger partial charge in [0.25, 0.3) is 0 Å². The van der Waals surface area contributed by atoms with E-state index >= 15 is 0 Å². The van der Waals surface area contributed by atoms with E-state index in [0.29, 0.717) is 19.3 Å². The lowest BCUT2D eigenvalue weighted by atomic mass is 10.0. The van der Waals surface area contributed by atoms with Crippen LogP contribution in [0.2, 0.25) is 0 Å². The fourth-order valence-corrected chi connectivity index (χ4v) is 8.74. The molecule has 438 valence electrons. The predicted octanol–water partition coefficient (Wildman–Crippen LogP) is 22.0. The van der Waals surface area contributed by atoms with Gasteiger partial charge >= 0.3 is 17.9 Å². The Hall–Kier alpha value is -4.19. The second kappa shape index (κ2) is 64.3. The maximum absolute atomic E-state index is 12.8. The second-order valence-electron chi connectivity index (χ2n) is 20.9. The molecule has 0 saturated carbocycles. The highest BCUT2D eigenvalue weighted by Crippen LogP contribution is 2.16. The molecule has 0 saturated heterocycles. The summed E-state index contributed by atoms with van der Waals surface area (Å²) < 4.78 is 16.8. The highest BCUT2D eigenvalue weighted by molar-refractivity contribution is 5.71. The van der Waals surface area contributed by atoms with Gasteiger partial charge in [0.15, 0.2) is 6.10 Å². The molecular weight excluding hydrogens is 949 g/mol. The molecule has 0 bridgehead atoms. The fraction of sp³-hybridized carbons (Fsp3) is 0.676. The monoisotopic (exact) mass is 1070 g/mol. The Kier molecular flexibility index (Phi) is 60.8. The number of rotatable bonds is 57. The number of carbonyl (C=O) groups is 3. The summed E-state index contributed by atoms with van der Waals surface area (Å²) in [5.41, 5.74) is 0. The van der Waals surface area contributed by atoms with Crippen molar-refractivity contribution < 1.29 is 28.6 Å². The highest BCUT2D eigenvalue weighted by Gasteiger charge is 2.19. The number of unbranched alkanes of at least 4 members (excludes halogenated alkanes) is 26. The van der Waals surface area contributed by atoms with Crippen LogP contribution in [-0.2, 0) is 28.6 Å². The highest BCUT2D eigenvalue weighted by atomic mass is 16.6. The van der Waals surface area contributed by atoms with Gasteiger partial charge in [0.2, 0.25) is 0 Å². The van der Waals surface area contributed by atoms with Crippen molar-refractivity contribution in [1.29, 1.82) is 0 Å². The van der Waals surface area contributed by atoms with Gasteiger partial charge in [-0.25, -0.2) is 0 Å². The van der Waals surface area contributed by atoms with Crippen LogP contribution in [0.25, 0.3) is 0 Å². The molecule has 6 nitrogen and oxygen atoms in total. The van der Waals surface area contributed by atoms with Gasteiger partial charge in [0.1, 0.15) is 13.2 Å². The van der Waals surface area contributed by atoms with Crippen molar-refractivity contribution in [2.24, 2.45) is 0 Å². The summed E-state index contributed by atoms with van der Waals surface area (Å²) in [5, 5.41) is 0. The van der Waals surface area contributed by atoms with Crippen molar-refractivity contribution in [1.82, 2.24) is 0 Å². The minimum atomic E-state index is -0.805. The van der Waals surface area contributed by atoms with Crippen molar-refractivity contribution in [3.8, 4) is 0 Å². The van der Waals surface area contributed by atoms with Crippen LogP contribution < -0.4 is 0 Å². The van der Waals surface area contributed by atoms with Crippen molar-refractivity contribution in [3.05, 3.63) is 122 Å². The van der Waals surface area contributed by atoms with Gasteiger partial charge < -0.3 is 14.2 Å². The van der Waals surface area contributed by atoms with Crippen LogP contribution in [0.15, 0.2) is 122 Å². The summed E-state index contributed by atoms with van der Waals surface area (Å²) in [6, 6.07) is 0. The smallest absolute Gasteiger partial charge is 0.306 e. The van der Waals surface area contributed by atoms with Crippen molar-refractivity contribution in [2.75, 3.05) is 13.2 Å². The summed E-state index contributed by atoms with van der Waals surface area (Å²) in [6.07, 6.45) is 89.7. The first-order valence-electron chi connectivity index (χ1n) is 32.0. The van der Waals surface area contributed by atoms with Crippen molar-refractivity contribution in [2.45, 2.75) is 297 Å². The second-order valence-corrected chi connectivity index (χ2v) is 20.9. The molecule has 77 heavy (non-hydrogen) atoms. The molecule has 1 atom stereocenters. The van der Waals surface area contributed by atoms with E-state index in [9.17, 15) is 14.4 Å². The predicted molar refractivity (Wildman–Crippen MR) is 334 cm³/mol. The summed E-state index contributed by atoms with van der Waals surface area (Å²) in [6.45, 7) is 6.33. The van der Waals surface area contributed by atoms with E-state index in [2.05, 4.69) is 142 Å². The van der Waals surface area contributed by atoms with Crippen LogP contribution in [0.3, 0.4) is 0 Å². The average Bonchev–Trinajstić information content (AvgIpc) is 3.43. The molecule has 6 heteroatoms. The maximum atomic E-state index is 12.8. The Morgan fingerprint density at radius 3 is 0.831 bits per heavy atom. The van der Waals surface area contributed by atoms with Gasteiger partial charge in [-0.05, 0) is 103 Å². The topological polar surface area (TPSA) is 78.9 Å². The molecule has 1 unspecified atom stereocenters. The molecule has 0 fully saturated rings. The van der Waals surface area contributed by atoms with Crippen molar-refractivity contribution in [3.63, 3.8) is 0 Å². The van der Waals surface area contributed by atoms with Crippen molar-refractivity contribution >= 4 is 17.9 Å². The molecule has 0 heterocycles. The Morgan fingerprint density at radius 1 is 0.273 bits per heavy atom. The molecule has 0 aliphatic carbocycles. The Balaban J connectivity index is 4.05. The molecule has 0 radical (unpaired) electrons. The first kappa shape index (κ1) is 72.8. The molecule has 0 spiro atoms. The molecule has 0 aliphatic rings. The largest absolute Gasteiger partial charge is 0.462 e. The van der Waals surface area contributed by atoms with Gasteiger partial charge in [-0.1, -0.05) is 290 Å². The molecule has 0 aromatic heterocycles. The van der Waals surface area contributed by atoms with Crippen LogP contribution in [0, 0.1) is 0 Å². The molecule has 0 rings (SSSR count). The SMILES string of the molecule is CC/C=C\C/C=C\C/C=C\C/C=C\C/C=C\CCCCCCCCCCCCCCCCCCCCCC(=O)OCC(COC(=O)CCCCCCCCC)OC(=O)CCC/C=C\C/C=C\C/C=C\C/C=C\C/C=C\CC.